The molecule has 0 aliphatic carbocycles. The number of hydrogen-bond acceptors (Lipinski definition) is 6. The SMILES string of the molecule is CCNC(CC)c1nnc(-c2cc(F)ccc2[N+](=O)[O-])s1. The molecule has 0 saturated carbocycles. The second-order valence-electron chi connectivity index (χ2n) is 4.38. The average molecular weight is 310 g/mol. The van der Waals surface area contributed by atoms with Crippen molar-refractivity contribution < 1.29 is 9.31 Å². The van der Waals surface area contributed by atoms with Crippen molar-refractivity contribution in [2.45, 2.75) is 26.3 Å². The summed E-state index contributed by atoms with van der Waals surface area (Å²) in [5.41, 5.74) is -0.00861. The first-order valence-corrected chi connectivity index (χ1v) is 7.39. The van der Waals surface area contributed by atoms with Crippen molar-refractivity contribution in [2.75, 3.05) is 6.54 Å². The van der Waals surface area contributed by atoms with E-state index in [1.165, 1.54) is 11.3 Å². The molecule has 1 unspecified atom stereocenters. The smallest absolute Gasteiger partial charge is 0.279 e. The Labute approximate surface area is 125 Å². The number of nitrogens with zero attached hydrogens (tertiary/aromatic N) is 3. The van der Waals surface area contributed by atoms with Crippen molar-refractivity contribution >= 4 is 17.0 Å². The van der Waals surface area contributed by atoms with Crippen LogP contribution >= 0.6 is 11.3 Å². The van der Waals surface area contributed by atoms with Crippen molar-refractivity contribution in [2.24, 2.45) is 0 Å². The highest BCUT2D eigenvalue weighted by molar-refractivity contribution is 7.14. The van der Waals surface area contributed by atoms with Crippen LogP contribution in [0, 0.1) is 15.9 Å². The van der Waals surface area contributed by atoms with Gasteiger partial charge in [-0.05, 0) is 25.1 Å². The number of nitro benzene ring substituents is 1. The van der Waals surface area contributed by atoms with Gasteiger partial charge in [-0.2, -0.15) is 0 Å². The first kappa shape index (κ1) is 15.5. The second kappa shape index (κ2) is 6.68. The van der Waals surface area contributed by atoms with Gasteiger partial charge in [-0.3, -0.25) is 10.1 Å². The summed E-state index contributed by atoms with van der Waals surface area (Å²) in [6.07, 6.45) is 0.827. The van der Waals surface area contributed by atoms with E-state index in [9.17, 15) is 14.5 Å². The fourth-order valence-electron chi connectivity index (χ4n) is 1.98. The zero-order valence-corrected chi connectivity index (χ0v) is 12.5. The summed E-state index contributed by atoms with van der Waals surface area (Å²) in [7, 11) is 0. The zero-order valence-electron chi connectivity index (χ0n) is 11.7. The Bertz CT molecular complexity index is 647. The molecule has 2 rings (SSSR count). The van der Waals surface area contributed by atoms with Gasteiger partial charge in [-0.15, -0.1) is 10.2 Å². The van der Waals surface area contributed by atoms with E-state index in [1.54, 1.807) is 0 Å². The Morgan fingerprint density at radius 2 is 2.19 bits per heavy atom. The first-order chi connectivity index (χ1) is 10.1. The quantitative estimate of drug-likeness (QED) is 0.654. The highest BCUT2D eigenvalue weighted by Crippen LogP contribution is 2.34. The highest BCUT2D eigenvalue weighted by atomic mass is 32.1. The van der Waals surface area contributed by atoms with Gasteiger partial charge in [0.05, 0.1) is 16.5 Å². The molecule has 1 atom stereocenters. The lowest BCUT2D eigenvalue weighted by Crippen LogP contribution is -2.19. The minimum atomic E-state index is -0.544. The van der Waals surface area contributed by atoms with Crippen LogP contribution < -0.4 is 5.32 Å². The minimum absolute atomic E-state index is 0.0499. The normalized spacial score (nSPS) is 12.3. The van der Waals surface area contributed by atoms with E-state index < -0.39 is 10.7 Å². The van der Waals surface area contributed by atoms with E-state index in [2.05, 4.69) is 15.5 Å². The van der Waals surface area contributed by atoms with Gasteiger partial charge in [0.1, 0.15) is 10.8 Å². The van der Waals surface area contributed by atoms with E-state index >= 15 is 0 Å². The summed E-state index contributed by atoms with van der Waals surface area (Å²) < 4.78 is 13.4. The van der Waals surface area contributed by atoms with Crippen molar-refractivity contribution in [3.63, 3.8) is 0 Å². The van der Waals surface area contributed by atoms with Gasteiger partial charge in [0.25, 0.3) is 5.69 Å². The lowest BCUT2D eigenvalue weighted by molar-refractivity contribution is -0.384. The van der Waals surface area contributed by atoms with Gasteiger partial charge in [-0.1, -0.05) is 25.2 Å². The van der Waals surface area contributed by atoms with Crippen molar-refractivity contribution in [3.05, 3.63) is 39.1 Å². The van der Waals surface area contributed by atoms with Crippen molar-refractivity contribution in [1.29, 1.82) is 0 Å². The van der Waals surface area contributed by atoms with E-state index in [-0.39, 0.29) is 17.3 Å². The minimum Gasteiger partial charge on any atom is -0.308 e. The Morgan fingerprint density at radius 3 is 2.81 bits per heavy atom. The molecule has 0 radical (unpaired) electrons. The highest BCUT2D eigenvalue weighted by Gasteiger charge is 2.21. The molecule has 0 amide bonds. The molecule has 2 aromatic rings. The zero-order chi connectivity index (χ0) is 15.4. The third kappa shape index (κ3) is 3.40. The maximum atomic E-state index is 13.4. The number of hydrogen-bond donors (Lipinski definition) is 1. The van der Waals surface area contributed by atoms with E-state index in [0.717, 1.165) is 36.2 Å². The largest absolute Gasteiger partial charge is 0.308 e. The first-order valence-electron chi connectivity index (χ1n) is 6.57. The molecule has 0 fully saturated rings. The molecule has 0 bridgehead atoms. The van der Waals surface area contributed by atoms with Crippen LogP contribution in [-0.4, -0.2) is 21.7 Å². The number of nitro groups is 1. The molecular weight excluding hydrogens is 295 g/mol. The van der Waals surface area contributed by atoms with Gasteiger partial charge in [-0.25, -0.2) is 4.39 Å². The van der Waals surface area contributed by atoms with Crippen LogP contribution in [0.15, 0.2) is 18.2 Å². The molecule has 0 aliphatic heterocycles. The summed E-state index contributed by atoms with van der Waals surface area (Å²) in [6, 6.07) is 3.38. The van der Waals surface area contributed by atoms with E-state index in [0.29, 0.717) is 5.01 Å². The molecule has 1 heterocycles. The molecule has 0 aliphatic rings. The van der Waals surface area contributed by atoms with Crippen LogP contribution in [0.25, 0.3) is 10.6 Å². The molecule has 8 heteroatoms. The van der Waals surface area contributed by atoms with Crippen LogP contribution in [0.2, 0.25) is 0 Å². The van der Waals surface area contributed by atoms with Gasteiger partial charge < -0.3 is 5.32 Å². The topological polar surface area (TPSA) is 81.0 Å². The van der Waals surface area contributed by atoms with Gasteiger partial charge in [0.15, 0.2) is 5.01 Å². The summed E-state index contributed by atoms with van der Waals surface area (Å²) in [4.78, 5) is 10.5. The third-order valence-electron chi connectivity index (χ3n) is 2.98. The third-order valence-corrected chi connectivity index (χ3v) is 4.05. The number of benzene rings is 1. The summed E-state index contributed by atoms with van der Waals surface area (Å²) >= 11 is 1.24. The van der Waals surface area contributed by atoms with Crippen LogP contribution in [-0.2, 0) is 0 Å². The fourth-order valence-corrected chi connectivity index (χ4v) is 3.00. The molecule has 112 valence electrons. The Kier molecular flexibility index (Phi) is 4.92. The van der Waals surface area contributed by atoms with Crippen LogP contribution in [0.3, 0.4) is 0 Å². The maximum absolute atomic E-state index is 13.4. The lowest BCUT2D eigenvalue weighted by Gasteiger charge is -2.10. The molecule has 0 saturated heterocycles. The summed E-state index contributed by atoms with van der Waals surface area (Å²) in [5, 5.41) is 23.4. The maximum Gasteiger partial charge on any atom is 0.279 e. The Hall–Kier alpha value is -1.93. The predicted molar refractivity (Wildman–Crippen MR) is 78.7 cm³/mol. The number of rotatable bonds is 6. The molecule has 21 heavy (non-hydrogen) atoms. The molecule has 1 aromatic heterocycles. The summed E-state index contributed by atoms with van der Waals surface area (Å²) in [6.45, 7) is 4.79. The van der Waals surface area contributed by atoms with Crippen molar-refractivity contribution in [3.8, 4) is 10.6 Å². The number of nitrogens with one attached hydrogen (secondary N) is 1. The summed E-state index contributed by atoms with van der Waals surface area (Å²) in [5.74, 6) is -0.536. The molecule has 0 spiro atoms. The van der Waals surface area contributed by atoms with Gasteiger partial charge >= 0.3 is 0 Å². The molecule has 1 N–H and O–H groups in total. The lowest BCUT2D eigenvalue weighted by atomic mass is 10.2. The number of aromatic nitrogens is 2. The Morgan fingerprint density at radius 1 is 1.43 bits per heavy atom. The monoisotopic (exact) mass is 310 g/mol. The second-order valence-corrected chi connectivity index (χ2v) is 5.39. The molecular formula is C13H15FN4O2S. The number of halogens is 1. The Balaban J connectivity index is 2.41. The van der Waals surface area contributed by atoms with E-state index in [4.69, 9.17) is 0 Å². The van der Waals surface area contributed by atoms with Gasteiger partial charge in [0.2, 0.25) is 0 Å². The van der Waals surface area contributed by atoms with Gasteiger partial charge in [0, 0.05) is 6.07 Å². The fraction of sp³-hybridized carbons (Fsp3) is 0.385. The standard InChI is InChI=1S/C13H15FN4O2S/c1-3-10(15-4-2)13-17-16-12(21-13)9-7-8(14)5-6-11(9)18(19)20/h5-7,10,15H,3-4H2,1-2H3. The van der Waals surface area contributed by atoms with Crippen LogP contribution in [0.5, 0.6) is 0 Å². The van der Waals surface area contributed by atoms with Crippen LogP contribution in [0.4, 0.5) is 10.1 Å². The average Bonchev–Trinajstić information content (AvgIpc) is 2.93. The van der Waals surface area contributed by atoms with Crippen LogP contribution in [0.1, 0.15) is 31.3 Å². The predicted octanol–water partition coefficient (Wildman–Crippen LogP) is 3.31. The van der Waals surface area contributed by atoms with Crippen molar-refractivity contribution in [1.82, 2.24) is 15.5 Å². The van der Waals surface area contributed by atoms with E-state index in [1.807, 2.05) is 13.8 Å². The molecule has 6 nitrogen and oxygen atoms in total. The molecule has 1 aromatic carbocycles.